The summed E-state index contributed by atoms with van der Waals surface area (Å²) in [7, 11) is 0. The lowest BCUT2D eigenvalue weighted by molar-refractivity contribution is -0.109. The van der Waals surface area contributed by atoms with Gasteiger partial charge in [0.2, 0.25) is 0 Å². The maximum atomic E-state index is 10.8. The Kier molecular flexibility index (Phi) is 3.24. The average molecular weight is 176 g/mol. The van der Waals surface area contributed by atoms with Gasteiger partial charge in [0.05, 0.1) is 0 Å². The number of hydrogen-bond donors (Lipinski definition) is 0. The quantitative estimate of drug-likeness (QED) is 0.647. The molecule has 1 heteroatoms. The van der Waals surface area contributed by atoms with Crippen molar-refractivity contribution in [3.8, 4) is 0 Å². The Morgan fingerprint density at radius 2 is 1.69 bits per heavy atom. The molecule has 1 aromatic rings. The summed E-state index contributed by atoms with van der Waals surface area (Å²) in [6, 6.07) is 8.17. The van der Waals surface area contributed by atoms with Crippen molar-refractivity contribution in [2.45, 2.75) is 26.7 Å². The van der Waals surface area contributed by atoms with E-state index in [2.05, 4.69) is 20.8 Å². The van der Waals surface area contributed by atoms with Crippen molar-refractivity contribution in [3.63, 3.8) is 0 Å². The molecule has 1 aromatic carbocycles. The third-order valence-corrected chi connectivity index (χ3v) is 2.33. The van der Waals surface area contributed by atoms with E-state index in [0.29, 0.717) is 5.92 Å². The first kappa shape index (κ1) is 9.97. The average Bonchev–Trinajstić information content (AvgIpc) is 2.09. The van der Waals surface area contributed by atoms with E-state index < -0.39 is 0 Å². The van der Waals surface area contributed by atoms with Gasteiger partial charge in [0.1, 0.15) is 6.29 Å². The van der Waals surface area contributed by atoms with Crippen molar-refractivity contribution in [2.75, 3.05) is 0 Å². The monoisotopic (exact) mass is 176 g/mol. The third-order valence-electron chi connectivity index (χ3n) is 2.33. The van der Waals surface area contributed by atoms with Gasteiger partial charge < -0.3 is 4.79 Å². The zero-order valence-corrected chi connectivity index (χ0v) is 8.45. The van der Waals surface area contributed by atoms with E-state index in [1.807, 2.05) is 24.3 Å². The molecule has 1 atom stereocenters. The fraction of sp³-hybridized carbons (Fsp3) is 0.417. The van der Waals surface area contributed by atoms with Gasteiger partial charge in [-0.3, -0.25) is 0 Å². The first-order chi connectivity index (χ1) is 6.15. The number of aldehydes is 1. The van der Waals surface area contributed by atoms with Gasteiger partial charge in [0.25, 0.3) is 0 Å². The van der Waals surface area contributed by atoms with Gasteiger partial charge in [0, 0.05) is 5.92 Å². The summed E-state index contributed by atoms with van der Waals surface area (Å²) in [6.45, 7) is 6.19. The summed E-state index contributed by atoms with van der Waals surface area (Å²) < 4.78 is 0. The Balaban J connectivity index is 2.92. The van der Waals surface area contributed by atoms with Crippen LogP contribution in [0.5, 0.6) is 0 Å². The normalized spacial score (nSPS) is 12.9. The van der Waals surface area contributed by atoms with Crippen molar-refractivity contribution in [1.29, 1.82) is 0 Å². The van der Waals surface area contributed by atoms with Crippen LogP contribution in [-0.4, -0.2) is 6.29 Å². The van der Waals surface area contributed by atoms with Gasteiger partial charge in [-0.2, -0.15) is 0 Å². The van der Waals surface area contributed by atoms with Crippen LogP contribution in [0.25, 0.3) is 0 Å². The number of hydrogen-bond acceptors (Lipinski definition) is 1. The second kappa shape index (κ2) is 4.22. The molecular weight excluding hydrogens is 160 g/mol. The van der Waals surface area contributed by atoms with Crippen LogP contribution in [0, 0.1) is 12.8 Å². The molecule has 0 spiro atoms. The second-order valence-electron chi connectivity index (χ2n) is 3.82. The van der Waals surface area contributed by atoms with Gasteiger partial charge >= 0.3 is 0 Å². The first-order valence-corrected chi connectivity index (χ1v) is 4.67. The van der Waals surface area contributed by atoms with Crippen LogP contribution in [0.1, 0.15) is 30.9 Å². The van der Waals surface area contributed by atoms with Crippen LogP contribution in [0.15, 0.2) is 24.3 Å². The van der Waals surface area contributed by atoms with E-state index in [1.54, 1.807) is 0 Å². The molecule has 0 aliphatic rings. The smallest absolute Gasteiger partial charge is 0.127 e. The minimum Gasteiger partial charge on any atom is -0.303 e. The molecule has 0 fully saturated rings. The maximum absolute atomic E-state index is 10.8. The Hall–Kier alpha value is -1.11. The van der Waals surface area contributed by atoms with E-state index >= 15 is 0 Å². The molecule has 0 N–H and O–H groups in total. The number of carbonyl (C=O) groups excluding carboxylic acids is 1. The minimum atomic E-state index is 0.0422. The van der Waals surface area contributed by atoms with Crippen LogP contribution in [0.3, 0.4) is 0 Å². The van der Waals surface area contributed by atoms with E-state index in [0.717, 1.165) is 11.8 Å². The second-order valence-corrected chi connectivity index (χ2v) is 3.82. The predicted octanol–water partition coefficient (Wildman–Crippen LogP) is 2.93. The lowest BCUT2D eigenvalue weighted by Gasteiger charge is -2.14. The molecule has 0 radical (unpaired) electrons. The highest BCUT2D eigenvalue weighted by Crippen LogP contribution is 2.22. The summed E-state index contributed by atoms with van der Waals surface area (Å²) in [5.41, 5.74) is 2.35. The van der Waals surface area contributed by atoms with Crippen molar-refractivity contribution in [2.24, 2.45) is 5.92 Å². The summed E-state index contributed by atoms with van der Waals surface area (Å²) in [6.07, 6.45) is 1.04. The summed E-state index contributed by atoms with van der Waals surface area (Å²) in [4.78, 5) is 10.8. The lowest BCUT2D eigenvalue weighted by atomic mass is 9.89. The summed E-state index contributed by atoms with van der Waals surface area (Å²) in [5, 5.41) is 0. The number of carbonyl (C=O) groups is 1. The molecule has 0 aliphatic carbocycles. The van der Waals surface area contributed by atoms with Crippen molar-refractivity contribution in [1.82, 2.24) is 0 Å². The Morgan fingerprint density at radius 1 is 1.15 bits per heavy atom. The number of rotatable bonds is 3. The highest BCUT2D eigenvalue weighted by Gasteiger charge is 2.13. The summed E-state index contributed by atoms with van der Waals surface area (Å²) in [5.74, 6) is 0.417. The summed E-state index contributed by atoms with van der Waals surface area (Å²) >= 11 is 0. The molecule has 0 saturated heterocycles. The van der Waals surface area contributed by atoms with E-state index in [9.17, 15) is 4.79 Å². The van der Waals surface area contributed by atoms with Crippen LogP contribution < -0.4 is 0 Å². The molecule has 0 aliphatic heterocycles. The highest BCUT2D eigenvalue weighted by molar-refractivity contribution is 5.62. The van der Waals surface area contributed by atoms with Gasteiger partial charge in [-0.05, 0) is 18.4 Å². The molecule has 0 saturated carbocycles. The van der Waals surface area contributed by atoms with Gasteiger partial charge in [-0.25, -0.2) is 0 Å². The molecule has 1 nitrogen and oxygen atoms in total. The molecule has 0 heterocycles. The third kappa shape index (κ3) is 2.41. The Labute approximate surface area is 79.8 Å². The van der Waals surface area contributed by atoms with E-state index in [4.69, 9.17) is 0 Å². The molecule has 1 unspecified atom stereocenters. The zero-order chi connectivity index (χ0) is 9.84. The van der Waals surface area contributed by atoms with Crippen LogP contribution in [0.4, 0.5) is 0 Å². The first-order valence-electron chi connectivity index (χ1n) is 4.67. The lowest BCUT2D eigenvalue weighted by Crippen LogP contribution is -2.07. The van der Waals surface area contributed by atoms with Gasteiger partial charge in [0.15, 0.2) is 0 Å². The molecule has 0 bridgehead atoms. The minimum absolute atomic E-state index is 0.0422. The van der Waals surface area contributed by atoms with Crippen molar-refractivity contribution in [3.05, 3.63) is 35.4 Å². The van der Waals surface area contributed by atoms with Crippen molar-refractivity contribution >= 4 is 6.29 Å². The topological polar surface area (TPSA) is 17.1 Å². The molecular formula is C12H16O. The molecule has 70 valence electrons. The molecule has 13 heavy (non-hydrogen) atoms. The standard InChI is InChI=1S/C12H16O/c1-9(2)12(8-13)11-6-4-10(3)5-7-11/h4-9,12H,1-3H3. The van der Waals surface area contributed by atoms with Crippen LogP contribution >= 0.6 is 0 Å². The number of benzene rings is 1. The highest BCUT2D eigenvalue weighted by atomic mass is 16.1. The SMILES string of the molecule is Cc1ccc(C(C=O)C(C)C)cc1. The van der Waals surface area contributed by atoms with E-state index in [1.165, 1.54) is 5.56 Å². The van der Waals surface area contributed by atoms with Gasteiger partial charge in [-0.15, -0.1) is 0 Å². The number of aryl methyl sites for hydroxylation is 1. The largest absolute Gasteiger partial charge is 0.303 e. The fourth-order valence-corrected chi connectivity index (χ4v) is 1.41. The molecule has 1 rings (SSSR count). The Bertz CT molecular complexity index is 272. The van der Waals surface area contributed by atoms with E-state index in [-0.39, 0.29) is 5.92 Å². The molecule has 0 amide bonds. The van der Waals surface area contributed by atoms with Gasteiger partial charge in [-0.1, -0.05) is 43.7 Å². The molecule has 0 aromatic heterocycles. The fourth-order valence-electron chi connectivity index (χ4n) is 1.41. The maximum Gasteiger partial charge on any atom is 0.127 e. The van der Waals surface area contributed by atoms with Crippen molar-refractivity contribution < 1.29 is 4.79 Å². The zero-order valence-electron chi connectivity index (χ0n) is 8.45. The Morgan fingerprint density at radius 3 is 2.08 bits per heavy atom. The van der Waals surface area contributed by atoms with Crippen LogP contribution in [-0.2, 0) is 4.79 Å². The predicted molar refractivity (Wildman–Crippen MR) is 54.8 cm³/mol. The van der Waals surface area contributed by atoms with Crippen LogP contribution in [0.2, 0.25) is 0 Å².